The zero-order valence-corrected chi connectivity index (χ0v) is 10.3. The molecule has 0 atom stereocenters. The third-order valence-corrected chi connectivity index (χ3v) is 2.00. The number of rotatable bonds is 10. The van der Waals surface area contributed by atoms with Gasteiger partial charge in [-0.05, 0) is 0 Å². The molecule has 0 radical (unpaired) electrons. The second-order valence-corrected chi connectivity index (χ2v) is 3.37. The number of methoxy groups -OCH3 is 2. The zero-order chi connectivity index (χ0) is 13.1. The number of hydrogen-bond acceptors (Lipinski definition) is 5. The molecule has 0 aliphatic heterocycles. The maximum Gasteiger partial charge on any atom is 0.323 e. The number of hydrogen-bond donors (Lipinski definition) is 2. The maximum absolute atomic E-state index is 11.7. The van der Waals surface area contributed by atoms with Crippen LogP contribution in [0.15, 0.2) is 0 Å². The summed E-state index contributed by atoms with van der Waals surface area (Å²) in [4.78, 5) is 23.5. The Morgan fingerprint density at radius 3 is 2.41 bits per heavy atom. The first-order valence-electron chi connectivity index (χ1n) is 5.30. The van der Waals surface area contributed by atoms with E-state index in [0.29, 0.717) is 19.8 Å². The minimum Gasteiger partial charge on any atom is -0.480 e. The summed E-state index contributed by atoms with van der Waals surface area (Å²) in [5.41, 5.74) is 0. The largest absolute Gasteiger partial charge is 0.480 e. The molecule has 0 spiro atoms. The Morgan fingerprint density at radius 2 is 1.88 bits per heavy atom. The van der Waals surface area contributed by atoms with Gasteiger partial charge in [0.1, 0.15) is 6.54 Å². The van der Waals surface area contributed by atoms with E-state index in [-0.39, 0.29) is 25.5 Å². The molecule has 100 valence electrons. The first kappa shape index (κ1) is 15.8. The predicted octanol–water partition coefficient (Wildman–Crippen LogP) is -1.22. The number of carboxylic acids is 1. The molecular weight excluding hydrogens is 228 g/mol. The fourth-order valence-electron chi connectivity index (χ4n) is 1.14. The van der Waals surface area contributed by atoms with Crippen LogP contribution in [0.1, 0.15) is 0 Å². The molecule has 7 heteroatoms. The van der Waals surface area contributed by atoms with E-state index in [1.165, 1.54) is 12.0 Å². The average Bonchev–Trinajstić information content (AvgIpc) is 2.29. The van der Waals surface area contributed by atoms with Gasteiger partial charge in [-0.15, -0.1) is 0 Å². The molecule has 0 aromatic rings. The average molecular weight is 248 g/mol. The Kier molecular flexibility index (Phi) is 9.31. The van der Waals surface area contributed by atoms with E-state index in [0.717, 1.165) is 0 Å². The van der Waals surface area contributed by atoms with Crippen LogP contribution in [0.5, 0.6) is 0 Å². The van der Waals surface area contributed by atoms with E-state index in [4.69, 9.17) is 14.6 Å². The summed E-state index contributed by atoms with van der Waals surface area (Å²) in [6.07, 6.45) is 0. The lowest BCUT2D eigenvalue weighted by atomic mass is 10.4. The molecule has 0 unspecified atom stereocenters. The third kappa shape index (κ3) is 8.61. The van der Waals surface area contributed by atoms with Crippen molar-refractivity contribution < 1.29 is 24.2 Å². The highest BCUT2D eigenvalue weighted by Crippen LogP contribution is 1.90. The summed E-state index contributed by atoms with van der Waals surface area (Å²) >= 11 is 0. The fraction of sp³-hybridized carbons (Fsp3) is 0.800. The van der Waals surface area contributed by atoms with Gasteiger partial charge in [0.05, 0.1) is 19.8 Å². The van der Waals surface area contributed by atoms with Crippen molar-refractivity contribution in [2.75, 3.05) is 53.6 Å². The molecule has 0 aliphatic rings. The Labute approximate surface area is 101 Å². The van der Waals surface area contributed by atoms with Crippen LogP contribution < -0.4 is 5.32 Å². The Morgan fingerprint density at radius 1 is 1.24 bits per heavy atom. The van der Waals surface area contributed by atoms with Gasteiger partial charge in [0.25, 0.3) is 0 Å². The van der Waals surface area contributed by atoms with Crippen LogP contribution in [0.2, 0.25) is 0 Å². The Hall–Kier alpha value is -1.18. The molecule has 0 aromatic carbocycles. The Balaban J connectivity index is 3.98. The van der Waals surface area contributed by atoms with Crippen LogP contribution in [0.3, 0.4) is 0 Å². The van der Waals surface area contributed by atoms with E-state index in [1.807, 2.05) is 0 Å². The maximum atomic E-state index is 11.7. The van der Waals surface area contributed by atoms with Gasteiger partial charge in [-0.3, -0.25) is 9.59 Å². The minimum atomic E-state index is -1.04. The summed E-state index contributed by atoms with van der Waals surface area (Å²) in [5.74, 6) is -1.30. The van der Waals surface area contributed by atoms with Gasteiger partial charge < -0.3 is 24.8 Å². The summed E-state index contributed by atoms with van der Waals surface area (Å²) in [6, 6.07) is 0. The minimum absolute atomic E-state index is 0.0976. The predicted molar refractivity (Wildman–Crippen MR) is 60.8 cm³/mol. The standard InChI is InChI=1S/C10H20N2O5/c1-16-5-3-11-7-9(13)12(4-6-17-2)8-10(14)15/h11H,3-8H2,1-2H3,(H,14,15). The van der Waals surface area contributed by atoms with Crippen LogP contribution in [0, 0.1) is 0 Å². The molecule has 0 saturated carbocycles. The van der Waals surface area contributed by atoms with Gasteiger partial charge in [0, 0.05) is 27.3 Å². The topological polar surface area (TPSA) is 88.1 Å². The van der Waals surface area contributed by atoms with Gasteiger partial charge in [0.15, 0.2) is 0 Å². The third-order valence-electron chi connectivity index (χ3n) is 2.00. The van der Waals surface area contributed by atoms with Crippen molar-refractivity contribution in [3.8, 4) is 0 Å². The van der Waals surface area contributed by atoms with Crippen molar-refractivity contribution in [2.45, 2.75) is 0 Å². The molecule has 2 N–H and O–H groups in total. The smallest absolute Gasteiger partial charge is 0.323 e. The van der Waals surface area contributed by atoms with Crippen molar-refractivity contribution in [1.29, 1.82) is 0 Å². The summed E-state index contributed by atoms with van der Waals surface area (Å²) in [5, 5.41) is 11.5. The number of nitrogens with one attached hydrogen (secondary N) is 1. The number of carbonyl (C=O) groups is 2. The molecule has 0 heterocycles. The van der Waals surface area contributed by atoms with E-state index in [9.17, 15) is 9.59 Å². The van der Waals surface area contributed by atoms with Crippen LogP contribution in [0.25, 0.3) is 0 Å². The second kappa shape index (κ2) is 10.0. The number of nitrogens with zero attached hydrogens (tertiary/aromatic N) is 1. The molecule has 0 aliphatic carbocycles. The number of carboxylic acid groups (broad SMARTS) is 1. The lowest BCUT2D eigenvalue weighted by molar-refractivity contribution is -0.144. The van der Waals surface area contributed by atoms with Crippen molar-refractivity contribution in [3.63, 3.8) is 0 Å². The van der Waals surface area contributed by atoms with Gasteiger partial charge in [0.2, 0.25) is 5.91 Å². The van der Waals surface area contributed by atoms with Crippen molar-refractivity contribution in [2.24, 2.45) is 0 Å². The highest BCUT2D eigenvalue weighted by Gasteiger charge is 2.15. The molecule has 0 saturated heterocycles. The molecule has 0 fully saturated rings. The summed E-state index contributed by atoms with van der Waals surface area (Å²) in [7, 11) is 3.07. The SMILES string of the molecule is COCCNCC(=O)N(CCOC)CC(=O)O. The number of ether oxygens (including phenoxy) is 2. The van der Waals surface area contributed by atoms with E-state index in [2.05, 4.69) is 5.32 Å². The van der Waals surface area contributed by atoms with Gasteiger partial charge in [-0.25, -0.2) is 0 Å². The van der Waals surface area contributed by atoms with Gasteiger partial charge >= 0.3 is 5.97 Å². The molecule has 17 heavy (non-hydrogen) atoms. The number of amides is 1. The lowest BCUT2D eigenvalue weighted by Crippen LogP contribution is -2.43. The van der Waals surface area contributed by atoms with Crippen LogP contribution in [-0.2, 0) is 19.1 Å². The molecule has 0 bridgehead atoms. The first-order chi connectivity index (χ1) is 8.11. The first-order valence-corrected chi connectivity index (χ1v) is 5.30. The van der Waals surface area contributed by atoms with Gasteiger partial charge in [-0.2, -0.15) is 0 Å². The lowest BCUT2D eigenvalue weighted by Gasteiger charge is -2.20. The Bertz CT molecular complexity index is 235. The van der Waals surface area contributed by atoms with E-state index < -0.39 is 5.97 Å². The van der Waals surface area contributed by atoms with Crippen LogP contribution in [0.4, 0.5) is 0 Å². The van der Waals surface area contributed by atoms with E-state index >= 15 is 0 Å². The molecular formula is C10H20N2O5. The fourth-order valence-corrected chi connectivity index (χ4v) is 1.14. The van der Waals surface area contributed by atoms with E-state index in [1.54, 1.807) is 7.11 Å². The molecule has 0 aromatic heterocycles. The van der Waals surface area contributed by atoms with Crippen molar-refractivity contribution >= 4 is 11.9 Å². The second-order valence-electron chi connectivity index (χ2n) is 3.37. The van der Waals surface area contributed by atoms with Crippen molar-refractivity contribution in [3.05, 3.63) is 0 Å². The number of aliphatic carboxylic acids is 1. The zero-order valence-electron chi connectivity index (χ0n) is 10.3. The normalized spacial score (nSPS) is 10.2. The molecule has 0 rings (SSSR count). The summed E-state index contributed by atoms with van der Waals surface area (Å²) in [6.45, 7) is 1.43. The molecule has 1 amide bonds. The highest BCUT2D eigenvalue weighted by atomic mass is 16.5. The molecule has 7 nitrogen and oxygen atoms in total. The number of carbonyl (C=O) groups excluding carboxylic acids is 1. The van der Waals surface area contributed by atoms with Crippen LogP contribution in [-0.4, -0.2) is 75.5 Å². The monoisotopic (exact) mass is 248 g/mol. The summed E-state index contributed by atoms with van der Waals surface area (Å²) < 4.78 is 9.63. The van der Waals surface area contributed by atoms with Gasteiger partial charge in [-0.1, -0.05) is 0 Å². The highest BCUT2D eigenvalue weighted by molar-refractivity contribution is 5.82. The quantitative estimate of drug-likeness (QED) is 0.471. The van der Waals surface area contributed by atoms with Crippen molar-refractivity contribution in [1.82, 2.24) is 10.2 Å². The van der Waals surface area contributed by atoms with Crippen LogP contribution >= 0.6 is 0 Å².